The smallest absolute Gasteiger partial charge is 0.290 e. The minimum Gasteiger partial charge on any atom is -0.326 e. The van der Waals surface area contributed by atoms with Crippen LogP contribution < -0.4 is 10.6 Å². The molecule has 2 aromatic rings. The van der Waals surface area contributed by atoms with Crippen LogP contribution in [0.3, 0.4) is 0 Å². The van der Waals surface area contributed by atoms with Gasteiger partial charge in [0.2, 0.25) is 11.8 Å². The van der Waals surface area contributed by atoms with Gasteiger partial charge in [0.25, 0.3) is 5.76 Å². The number of aromatic nitrogens is 1. The Kier molecular flexibility index (Phi) is 4.75. The summed E-state index contributed by atoms with van der Waals surface area (Å²) in [6.07, 6.45) is 1.37. The van der Waals surface area contributed by atoms with Crippen molar-refractivity contribution in [1.29, 1.82) is 0 Å². The van der Waals surface area contributed by atoms with E-state index in [1.165, 1.54) is 18.3 Å². The van der Waals surface area contributed by atoms with Gasteiger partial charge in [0.1, 0.15) is 5.03 Å². The first-order valence-corrected chi connectivity index (χ1v) is 8.01. The highest BCUT2D eigenvalue weighted by Gasteiger charge is 2.30. The molecule has 24 heavy (non-hydrogen) atoms. The minimum absolute atomic E-state index is 0.0512. The molecule has 8 heteroatoms. The fourth-order valence-electron chi connectivity index (χ4n) is 2.49. The number of hydrogen-bond donors (Lipinski definition) is 2. The predicted molar refractivity (Wildman–Crippen MR) is 87.2 cm³/mol. The van der Waals surface area contributed by atoms with Crippen molar-refractivity contribution >= 4 is 35.0 Å². The Labute approximate surface area is 140 Å². The monoisotopic (exact) mass is 349 g/mol. The first kappa shape index (κ1) is 16.4. The number of fused-ring (bicyclic) bond motifs is 1. The number of benzene rings is 1. The highest BCUT2D eigenvalue weighted by Crippen LogP contribution is 2.33. The molecular weight excluding hydrogens is 336 g/mol. The van der Waals surface area contributed by atoms with Gasteiger partial charge in [-0.05, 0) is 35.5 Å². The molecule has 0 saturated carbocycles. The van der Waals surface area contributed by atoms with E-state index < -0.39 is 11.7 Å². The van der Waals surface area contributed by atoms with Crippen molar-refractivity contribution in [3.8, 4) is 0 Å². The molecule has 0 radical (unpaired) electrons. The summed E-state index contributed by atoms with van der Waals surface area (Å²) in [7, 11) is 0. The van der Waals surface area contributed by atoms with Crippen LogP contribution in [0.5, 0.6) is 0 Å². The van der Waals surface area contributed by atoms with Crippen LogP contribution in [0.1, 0.15) is 17.9 Å². The molecule has 0 unspecified atom stereocenters. The van der Waals surface area contributed by atoms with Crippen molar-refractivity contribution in [2.75, 3.05) is 10.6 Å². The second kappa shape index (κ2) is 6.96. The molecule has 124 valence electrons. The topological polar surface area (TPSA) is 71.1 Å². The third-order valence-electron chi connectivity index (χ3n) is 3.53. The van der Waals surface area contributed by atoms with Crippen LogP contribution in [0.15, 0.2) is 47.6 Å². The lowest BCUT2D eigenvalue weighted by Gasteiger charge is -2.24. The molecule has 1 atom stereocenters. The largest absolute Gasteiger partial charge is 0.326 e. The zero-order chi connectivity index (χ0) is 17.1. The first-order valence-electron chi connectivity index (χ1n) is 7.13. The van der Waals surface area contributed by atoms with Gasteiger partial charge < -0.3 is 10.6 Å². The average Bonchev–Trinajstić information content (AvgIpc) is 2.55. The van der Waals surface area contributed by atoms with E-state index in [4.69, 9.17) is 0 Å². The van der Waals surface area contributed by atoms with Gasteiger partial charge >= 0.3 is 0 Å². The maximum absolute atomic E-state index is 12.5. The van der Waals surface area contributed by atoms with Crippen LogP contribution in [-0.2, 0) is 9.59 Å². The van der Waals surface area contributed by atoms with Crippen molar-refractivity contribution in [1.82, 2.24) is 4.98 Å². The van der Waals surface area contributed by atoms with E-state index in [1.54, 1.807) is 24.3 Å². The highest BCUT2D eigenvalue weighted by atomic mass is 32.2. The number of amides is 2. The van der Waals surface area contributed by atoms with Crippen molar-refractivity contribution in [2.45, 2.75) is 23.1 Å². The Morgan fingerprint density at radius 3 is 2.79 bits per heavy atom. The van der Waals surface area contributed by atoms with E-state index in [0.717, 1.165) is 5.56 Å². The van der Waals surface area contributed by atoms with Crippen LogP contribution in [0.25, 0.3) is 0 Å². The first-order chi connectivity index (χ1) is 11.5. The van der Waals surface area contributed by atoms with Crippen LogP contribution in [0, 0.1) is 0 Å². The third-order valence-corrected chi connectivity index (χ3v) is 4.19. The van der Waals surface area contributed by atoms with Gasteiger partial charge in [0.15, 0.2) is 0 Å². The zero-order valence-corrected chi connectivity index (χ0v) is 13.1. The predicted octanol–water partition coefficient (Wildman–Crippen LogP) is 3.46. The molecule has 2 amide bonds. The van der Waals surface area contributed by atoms with Gasteiger partial charge in [-0.2, -0.15) is 8.78 Å². The summed E-state index contributed by atoms with van der Waals surface area (Å²) < 4.78 is 24.5. The fourth-order valence-corrected chi connectivity index (χ4v) is 2.93. The molecule has 1 aromatic carbocycles. The Balaban J connectivity index is 1.74. The van der Waals surface area contributed by atoms with Crippen molar-refractivity contribution in [3.63, 3.8) is 0 Å². The highest BCUT2D eigenvalue weighted by molar-refractivity contribution is 7.99. The molecule has 0 saturated heterocycles. The lowest BCUT2D eigenvalue weighted by atomic mass is 9.90. The maximum atomic E-state index is 12.5. The van der Waals surface area contributed by atoms with Crippen molar-refractivity contribution < 1.29 is 18.4 Å². The molecule has 0 bridgehead atoms. The molecule has 0 spiro atoms. The molecule has 0 aliphatic carbocycles. The lowest BCUT2D eigenvalue weighted by Crippen LogP contribution is -2.30. The van der Waals surface area contributed by atoms with Gasteiger partial charge in [-0.25, -0.2) is 4.98 Å². The Bertz CT molecular complexity index is 768. The molecule has 2 heterocycles. The molecule has 1 aliphatic rings. The van der Waals surface area contributed by atoms with Crippen molar-refractivity contribution in [2.24, 2.45) is 0 Å². The summed E-state index contributed by atoms with van der Waals surface area (Å²) in [5, 5.41) is 5.58. The number of pyridine rings is 1. The van der Waals surface area contributed by atoms with Crippen LogP contribution in [0.2, 0.25) is 0 Å². The van der Waals surface area contributed by atoms with Crippen LogP contribution in [-0.4, -0.2) is 22.6 Å². The number of halogens is 2. The quantitative estimate of drug-likeness (QED) is 0.830. The number of nitrogens with zero attached hydrogens (tertiary/aromatic N) is 1. The summed E-state index contributed by atoms with van der Waals surface area (Å²) in [6, 6.07) is 10.0. The summed E-state index contributed by atoms with van der Waals surface area (Å²) >= 11 is 0.335. The molecule has 0 fully saturated rings. The number of carbonyl (C=O) groups is 2. The second-order valence-corrected chi connectivity index (χ2v) is 6.16. The minimum atomic E-state index is -2.55. The van der Waals surface area contributed by atoms with E-state index >= 15 is 0 Å². The normalized spacial score (nSPS) is 16.5. The van der Waals surface area contributed by atoms with E-state index in [0.29, 0.717) is 23.1 Å². The number of alkyl halides is 2. The van der Waals surface area contributed by atoms with Crippen LogP contribution in [0.4, 0.5) is 20.2 Å². The third kappa shape index (κ3) is 3.70. The number of para-hydroxylation sites is 1. The summed E-state index contributed by atoms with van der Waals surface area (Å²) in [5.74, 6) is -3.72. The van der Waals surface area contributed by atoms with E-state index in [2.05, 4.69) is 15.6 Å². The Morgan fingerprint density at radius 1 is 1.29 bits per heavy atom. The summed E-state index contributed by atoms with van der Waals surface area (Å²) in [6.45, 7) is 0. The van der Waals surface area contributed by atoms with Crippen molar-refractivity contribution in [3.05, 3.63) is 48.2 Å². The van der Waals surface area contributed by atoms with Gasteiger partial charge in [0, 0.05) is 12.1 Å². The van der Waals surface area contributed by atoms with Gasteiger partial charge in [-0.1, -0.05) is 18.2 Å². The molecule has 5 nitrogen and oxygen atoms in total. The summed E-state index contributed by atoms with van der Waals surface area (Å²) in [5.41, 5.74) is 1.75. The van der Waals surface area contributed by atoms with Gasteiger partial charge in [-0.3, -0.25) is 9.59 Å². The second-order valence-electron chi connectivity index (χ2n) is 5.15. The van der Waals surface area contributed by atoms with E-state index in [1.807, 2.05) is 0 Å². The average molecular weight is 349 g/mol. The number of hydrogen-bond acceptors (Lipinski definition) is 4. The lowest BCUT2D eigenvalue weighted by molar-refractivity contribution is -0.123. The number of anilines is 2. The fraction of sp³-hybridized carbons (Fsp3) is 0.188. The van der Waals surface area contributed by atoms with Crippen LogP contribution >= 0.6 is 11.8 Å². The number of carbonyl (C=O) groups excluding carboxylic acids is 2. The Hall–Kier alpha value is -2.48. The number of thioether (sulfide) groups is 1. The van der Waals surface area contributed by atoms with Gasteiger partial charge in [0.05, 0.1) is 17.8 Å². The maximum Gasteiger partial charge on any atom is 0.290 e. The molecular formula is C16H13F2N3O2S. The molecule has 1 aromatic heterocycles. The van der Waals surface area contributed by atoms with E-state index in [9.17, 15) is 18.4 Å². The molecule has 2 N–H and O–H groups in total. The summed E-state index contributed by atoms with van der Waals surface area (Å²) in [4.78, 5) is 28.1. The van der Waals surface area contributed by atoms with Gasteiger partial charge in [-0.15, -0.1) is 0 Å². The zero-order valence-electron chi connectivity index (χ0n) is 12.3. The molecule has 1 aliphatic heterocycles. The number of nitrogens with one attached hydrogen (secondary N) is 2. The SMILES string of the molecule is O=C1C[C@@H](C(=O)Nc2ccc(SC(F)F)nc2)c2ccccc2N1. The van der Waals surface area contributed by atoms with E-state index in [-0.39, 0.29) is 23.3 Å². The molecule has 3 rings (SSSR count). The number of rotatable bonds is 4. The Morgan fingerprint density at radius 2 is 2.08 bits per heavy atom. The standard InChI is InChI=1S/C16H13F2N3O2S/c17-16(18)24-14-6-5-9(8-19-14)20-15(23)11-7-13(22)21-12-4-2-1-3-10(11)12/h1-6,8,11,16H,7H2,(H,20,23)(H,21,22)/t11-/m1/s1.